The zero-order chi connectivity index (χ0) is 19.9. The van der Waals surface area contributed by atoms with E-state index in [2.05, 4.69) is 15.5 Å². The van der Waals surface area contributed by atoms with Crippen molar-refractivity contribution >= 4 is 35.0 Å². The molecule has 1 aliphatic heterocycles. The zero-order valence-corrected chi connectivity index (χ0v) is 16.5. The van der Waals surface area contributed by atoms with Gasteiger partial charge < -0.3 is 15.0 Å². The minimum absolute atomic E-state index is 0.126. The van der Waals surface area contributed by atoms with Gasteiger partial charge in [-0.15, -0.1) is 5.10 Å². The molecule has 0 bridgehead atoms. The van der Waals surface area contributed by atoms with Gasteiger partial charge in [-0.3, -0.25) is 14.2 Å². The topological polar surface area (TPSA) is 109 Å². The van der Waals surface area contributed by atoms with Crippen LogP contribution < -0.4 is 15.9 Å². The van der Waals surface area contributed by atoms with Crippen LogP contribution in [0.1, 0.15) is 19.3 Å². The van der Waals surface area contributed by atoms with Gasteiger partial charge in [0.2, 0.25) is 11.8 Å². The first-order valence-electron chi connectivity index (χ1n) is 9.05. The predicted octanol–water partition coefficient (Wildman–Crippen LogP) is 1.47. The molecule has 0 spiro atoms. The molecule has 2 amide bonds. The van der Waals surface area contributed by atoms with Crippen molar-refractivity contribution in [2.24, 2.45) is 0 Å². The van der Waals surface area contributed by atoms with Gasteiger partial charge in [0, 0.05) is 44.6 Å². The molecule has 0 unspecified atom stereocenters. The van der Waals surface area contributed by atoms with E-state index in [0.717, 1.165) is 18.7 Å². The molecule has 3 rings (SSSR count). The third kappa shape index (κ3) is 5.02. The Morgan fingerprint density at radius 2 is 2.11 bits per heavy atom. The summed E-state index contributed by atoms with van der Waals surface area (Å²) in [6.07, 6.45) is 2.14. The molecule has 0 aliphatic carbocycles. The number of amides is 2. The highest BCUT2D eigenvalue weighted by Crippen LogP contribution is 2.23. The number of ether oxygens (including phenoxy) is 1. The number of aromatic nitrogens is 3. The molecule has 28 heavy (non-hydrogen) atoms. The number of H-pyrrole nitrogens is 1. The average molecular weight is 405 g/mol. The first kappa shape index (κ1) is 20.2. The van der Waals surface area contributed by atoms with Gasteiger partial charge in [-0.25, -0.2) is 9.89 Å². The summed E-state index contributed by atoms with van der Waals surface area (Å²) >= 11 is 1.19. The molecule has 2 N–H and O–H groups in total. The van der Waals surface area contributed by atoms with Crippen LogP contribution in [0.2, 0.25) is 0 Å². The summed E-state index contributed by atoms with van der Waals surface area (Å²) in [6, 6.07) is 7.21. The SMILES string of the molecule is COCCCn1c(SCC(=O)Nc2ccc(N3CCCC3=O)cc2)n[nH]c1=O. The highest BCUT2D eigenvalue weighted by Gasteiger charge is 2.21. The highest BCUT2D eigenvalue weighted by molar-refractivity contribution is 7.99. The van der Waals surface area contributed by atoms with E-state index in [1.54, 1.807) is 24.1 Å². The smallest absolute Gasteiger partial charge is 0.343 e. The summed E-state index contributed by atoms with van der Waals surface area (Å²) in [6.45, 7) is 1.75. The number of nitrogens with zero attached hydrogens (tertiary/aromatic N) is 3. The summed E-state index contributed by atoms with van der Waals surface area (Å²) in [4.78, 5) is 37.5. The second-order valence-corrected chi connectivity index (χ2v) is 7.28. The van der Waals surface area contributed by atoms with Crippen LogP contribution in [-0.4, -0.2) is 52.6 Å². The van der Waals surface area contributed by atoms with Crippen molar-refractivity contribution in [2.45, 2.75) is 31.0 Å². The van der Waals surface area contributed by atoms with Gasteiger partial charge in [-0.2, -0.15) is 0 Å². The number of rotatable bonds is 9. The fraction of sp³-hybridized carbons (Fsp3) is 0.444. The van der Waals surface area contributed by atoms with Crippen LogP contribution in [0.15, 0.2) is 34.2 Å². The Kier molecular flexibility index (Phi) is 6.88. The second kappa shape index (κ2) is 9.56. The second-order valence-electron chi connectivity index (χ2n) is 6.34. The largest absolute Gasteiger partial charge is 0.385 e. The molecule has 1 aliphatic rings. The number of carbonyl (C=O) groups is 2. The third-order valence-corrected chi connectivity index (χ3v) is 5.30. The van der Waals surface area contributed by atoms with Crippen LogP contribution >= 0.6 is 11.8 Å². The lowest BCUT2D eigenvalue weighted by molar-refractivity contribution is -0.117. The molecule has 0 atom stereocenters. The minimum atomic E-state index is -0.300. The number of thioether (sulfide) groups is 1. The summed E-state index contributed by atoms with van der Waals surface area (Å²) in [5.41, 5.74) is 1.19. The first-order chi connectivity index (χ1) is 13.6. The van der Waals surface area contributed by atoms with Gasteiger partial charge in [-0.05, 0) is 37.1 Å². The molecule has 2 aromatic rings. The predicted molar refractivity (Wildman–Crippen MR) is 107 cm³/mol. The molecule has 9 nitrogen and oxygen atoms in total. The van der Waals surface area contributed by atoms with Crippen molar-refractivity contribution in [3.63, 3.8) is 0 Å². The van der Waals surface area contributed by atoms with Crippen molar-refractivity contribution in [1.29, 1.82) is 0 Å². The van der Waals surface area contributed by atoms with Crippen LogP contribution in [0.4, 0.5) is 11.4 Å². The van der Waals surface area contributed by atoms with Crippen LogP contribution in [-0.2, 0) is 20.9 Å². The van der Waals surface area contributed by atoms with Gasteiger partial charge in [0.1, 0.15) is 0 Å². The number of benzene rings is 1. The van der Waals surface area contributed by atoms with Gasteiger partial charge in [0.15, 0.2) is 5.16 Å². The summed E-state index contributed by atoms with van der Waals surface area (Å²) in [5, 5.41) is 9.65. The van der Waals surface area contributed by atoms with E-state index in [1.165, 1.54) is 16.3 Å². The maximum Gasteiger partial charge on any atom is 0.343 e. The zero-order valence-electron chi connectivity index (χ0n) is 15.6. The van der Waals surface area contributed by atoms with Crippen LogP contribution in [0.25, 0.3) is 0 Å². The standard InChI is InChI=1S/C18H23N5O4S/c1-27-11-3-10-23-17(26)20-21-18(23)28-12-15(24)19-13-5-7-14(8-6-13)22-9-2-4-16(22)25/h5-8H,2-4,9-12H2,1H3,(H,19,24)(H,20,26). The molecule has 0 saturated carbocycles. The van der Waals surface area contributed by atoms with Gasteiger partial charge in [0.05, 0.1) is 5.75 Å². The fourth-order valence-electron chi connectivity index (χ4n) is 2.95. The number of carbonyl (C=O) groups excluding carboxylic acids is 2. The fourth-order valence-corrected chi connectivity index (χ4v) is 3.72. The van der Waals surface area contributed by atoms with Crippen LogP contribution in [0.5, 0.6) is 0 Å². The molecule has 1 fully saturated rings. The summed E-state index contributed by atoms with van der Waals surface area (Å²) in [5.74, 6) is 0.0543. The van der Waals surface area contributed by atoms with Crippen molar-refractivity contribution in [1.82, 2.24) is 14.8 Å². The lowest BCUT2D eigenvalue weighted by Gasteiger charge is -2.16. The normalized spacial score (nSPS) is 13.9. The van der Waals surface area contributed by atoms with E-state index in [9.17, 15) is 14.4 Å². The number of aromatic amines is 1. The highest BCUT2D eigenvalue weighted by atomic mass is 32.2. The maximum atomic E-state index is 12.2. The van der Waals surface area contributed by atoms with E-state index in [1.807, 2.05) is 12.1 Å². The molecule has 1 aromatic carbocycles. The molecule has 1 saturated heterocycles. The van der Waals surface area contributed by atoms with E-state index in [4.69, 9.17) is 4.74 Å². The first-order valence-corrected chi connectivity index (χ1v) is 10.0. The monoisotopic (exact) mass is 405 g/mol. The number of nitrogens with one attached hydrogen (secondary N) is 2. The Balaban J connectivity index is 1.52. The van der Waals surface area contributed by atoms with Crippen molar-refractivity contribution in [2.75, 3.05) is 36.2 Å². The lowest BCUT2D eigenvalue weighted by Crippen LogP contribution is -2.23. The molecule has 150 valence electrons. The summed E-state index contributed by atoms with van der Waals surface area (Å²) in [7, 11) is 1.60. The van der Waals surface area contributed by atoms with E-state index in [-0.39, 0.29) is 23.3 Å². The Labute approximate surface area is 166 Å². The Bertz CT molecular complexity index is 877. The summed E-state index contributed by atoms with van der Waals surface area (Å²) < 4.78 is 6.49. The van der Waals surface area contributed by atoms with Gasteiger partial charge in [-0.1, -0.05) is 11.8 Å². The van der Waals surface area contributed by atoms with Gasteiger partial charge >= 0.3 is 5.69 Å². The van der Waals surface area contributed by atoms with E-state index in [0.29, 0.717) is 36.8 Å². The minimum Gasteiger partial charge on any atom is -0.385 e. The number of methoxy groups -OCH3 is 1. The van der Waals surface area contributed by atoms with Crippen molar-refractivity contribution in [3.8, 4) is 0 Å². The molecule has 1 aromatic heterocycles. The Morgan fingerprint density at radius 1 is 1.32 bits per heavy atom. The lowest BCUT2D eigenvalue weighted by atomic mass is 10.2. The molecule has 0 radical (unpaired) electrons. The number of hydrogen-bond acceptors (Lipinski definition) is 6. The Morgan fingerprint density at radius 3 is 2.79 bits per heavy atom. The number of hydrogen-bond donors (Lipinski definition) is 2. The van der Waals surface area contributed by atoms with E-state index < -0.39 is 0 Å². The molecule has 2 heterocycles. The van der Waals surface area contributed by atoms with Crippen molar-refractivity contribution in [3.05, 3.63) is 34.7 Å². The average Bonchev–Trinajstić information content (AvgIpc) is 3.27. The van der Waals surface area contributed by atoms with Crippen LogP contribution in [0, 0.1) is 0 Å². The van der Waals surface area contributed by atoms with Gasteiger partial charge in [0.25, 0.3) is 0 Å². The molecular weight excluding hydrogens is 382 g/mol. The van der Waals surface area contributed by atoms with Crippen molar-refractivity contribution < 1.29 is 14.3 Å². The Hall–Kier alpha value is -2.59. The molecular formula is C18H23N5O4S. The maximum absolute atomic E-state index is 12.2. The van der Waals surface area contributed by atoms with E-state index >= 15 is 0 Å². The third-order valence-electron chi connectivity index (χ3n) is 4.32. The van der Waals surface area contributed by atoms with Crippen LogP contribution in [0.3, 0.4) is 0 Å². The molecule has 10 heteroatoms. The number of anilines is 2. The quantitative estimate of drug-likeness (QED) is 0.483.